The average Bonchev–Trinajstić information content (AvgIpc) is 3.06. The van der Waals surface area contributed by atoms with Gasteiger partial charge in [-0.25, -0.2) is 4.79 Å². The second-order valence-corrected chi connectivity index (χ2v) is 7.70. The van der Waals surface area contributed by atoms with E-state index in [0.29, 0.717) is 18.4 Å². The molecule has 0 aromatic heterocycles. The smallest absolute Gasteiger partial charge is 0.409 e. The van der Waals surface area contributed by atoms with Gasteiger partial charge in [-0.15, -0.1) is 0 Å². The summed E-state index contributed by atoms with van der Waals surface area (Å²) >= 11 is 0. The Kier molecular flexibility index (Phi) is 5.06. The van der Waals surface area contributed by atoms with Crippen molar-refractivity contribution in [1.82, 2.24) is 4.90 Å². The molecule has 4 rings (SSSR count). The molecular formula is C23H28N2O2. The fraction of sp³-hybridized carbons (Fsp3) is 0.435. The average molecular weight is 364 g/mol. The zero-order chi connectivity index (χ0) is 18.8. The van der Waals surface area contributed by atoms with Gasteiger partial charge in [-0.1, -0.05) is 30.3 Å². The van der Waals surface area contributed by atoms with Crippen molar-refractivity contribution in [3.8, 4) is 0 Å². The fourth-order valence-electron chi connectivity index (χ4n) is 4.60. The fourth-order valence-corrected chi connectivity index (χ4v) is 4.60. The van der Waals surface area contributed by atoms with E-state index in [-0.39, 0.29) is 6.09 Å². The van der Waals surface area contributed by atoms with Gasteiger partial charge in [0.05, 0.1) is 6.61 Å². The van der Waals surface area contributed by atoms with Crippen LogP contribution in [0, 0.1) is 12.8 Å². The molecule has 2 unspecified atom stereocenters. The van der Waals surface area contributed by atoms with E-state index in [2.05, 4.69) is 48.6 Å². The number of carbonyl (C=O) groups is 1. The molecule has 4 heteroatoms. The number of nitrogens with one attached hydrogen (secondary N) is 1. The molecule has 0 spiro atoms. The van der Waals surface area contributed by atoms with Gasteiger partial charge in [0.25, 0.3) is 0 Å². The predicted octanol–water partition coefficient (Wildman–Crippen LogP) is 4.73. The minimum Gasteiger partial charge on any atom is -0.450 e. The van der Waals surface area contributed by atoms with E-state index in [1.54, 1.807) is 0 Å². The molecule has 0 saturated carbocycles. The highest BCUT2D eigenvalue weighted by atomic mass is 16.6. The van der Waals surface area contributed by atoms with Crippen LogP contribution in [0.25, 0.3) is 0 Å². The van der Waals surface area contributed by atoms with Crippen molar-refractivity contribution in [3.05, 3.63) is 64.7 Å². The maximum absolute atomic E-state index is 12.2. The summed E-state index contributed by atoms with van der Waals surface area (Å²) in [4.78, 5) is 14.1. The van der Waals surface area contributed by atoms with Crippen LogP contribution in [0.4, 0.5) is 10.5 Å². The van der Waals surface area contributed by atoms with Crippen molar-refractivity contribution in [2.75, 3.05) is 25.0 Å². The lowest BCUT2D eigenvalue weighted by Gasteiger charge is -2.34. The molecule has 1 N–H and O–H groups in total. The van der Waals surface area contributed by atoms with Gasteiger partial charge in [0.15, 0.2) is 0 Å². The van der Waals surface area contributed by atoms with Gasteiger partial charge in [-0.3, -0.25) is 0 Å². The molecule has 1 amide bonds. The van der Waals surface area contributed by atoms with Crippen molar-refractivity contribution in [2.45, 2.75) is 39.2 Å². The summed E-state index contributed by atoms with van der Waals surface area (Å²) in [5.41, 5.74) is 6.72. The lowest BCUT2D eigenvalue weighted by atomic mass is 9.86. The second kappa shape index (κ2) is 7.63. The highest BCUT2D eigenvalue weighted by molar-refractivity contribution is 5.68. The monoisotopic (exact) mass is 364 g/mol. The quantitative estimate of drug-likeness (QED) is 0.853. The molecule has 0 bridgehead atoms. The molecule has 2 atom stereocenters. The molecule has 2 aromatic rings. The molecule has 1 heterocycles. The van der Waals surface area contributed by atoms with Gasteiger partial charge in [0, 0.05) is 31.2 Å². The van der Waals surface area contributed by atoms with E-state index in [1.165, 1.54) is 27.9 Å². The van der Waals surface area contributed by atoms with Gasteiger partial charge in [-0.2, -0.15) is 0 Å². The highest BCUT2D eigenvalue weighted by Gasteiger charge is 2.39. The Labute approximate surface area is 161 Å². The number of anilines is 1. The third-order valence-corrected chi connectivity index (χ3v) is 5.99. The lowest BCUT2D eigenvalue weighted by molar-refractivity contribution is 0.0876. The summed E-state index contributed by atoms with van der Waals surface area (Å²) in [5.74, 6) is 1.07. The van der Waals surface area contributed by atoms with Crippen molar-refractivity contribution in [3.63, 3.8) is 0 Å². The Morgan fingerprint density at radius 3 is 2.85 bits per heavy atom. The number of hydrogen-bond donors (Lipinski definition) is 1. The van der Waals surface area contributed by atoms with E-state index in [4.69, 9.17) is 4.74 Å². The van der Waals surface area contributed by atoms with Crippen LogP contribution in [0.5, 0.6) is 0 Å². The second-order valence-electron chi connectivity index (χ2n) is 7.70. The molecule has 4 nitrogen and oxygen atoms in total. The van der Waals surface area contributed by atoms with Crippen LogP contribution in [0.15, 0.2) is 42.5 Å². The van der Waals surface area contributed by atoms with Crippen LogP contribution in [-0.4, -0.2) is 30.7 Å². The molecule has 1 saturated heterocycles. The topological polar surface area (TPSA) is 41.6 Å². The number of fused-ring (bicyclic) bond motifs is 3. The van der Waals surface area contributed by atoms with Gasteiger partial charge < -0.3 is 15.0 Å². The highest BCUT2D eigenvalue weighted by Crippen LogP contribution is 2.45. The van der Waals surface area contributed by atoms with Crippen LogP contribution in [-0.2, 0) is 17.7 Å². The summed E-state index contributed by atoms with van der Waals surface area (Å²) in [5, 5.41) is 3.58. The summed E-state index contributed by atoms with van der Waals surface area (Å²) in [6, 6.07) is 15.0. The van der Waals surface area contributed by atoms with Gasteiger partial charge in [-0.05, 0) is 67.0 Å². The number of likely N-dealkylation sites (tertiary alicyclic amines) is 1. The molecular weight excluding hydrogens is 336 g/mol. The first-order chi connectivity index (χ1) is 13.2. The van der Waals surface area contributed by atoms with Crippen LogP contribution in [0.2, 0.25) is 0 Å². The SMILES string of the molecule is CCOC(=O)N1CCC2Cc3c(C)cc(NCc4ccccc4)cc3C2C1. The third-order valence-electron chi connectivity index (χ3n) is 5.99. The van der Waals surface area contributed by atoms with Crippen molar-refractivity contribution in [1.29, 1.82) is 0 Å². The zero-order valence-corrected chi connectivity index (χ0v) is 16.2. The minimum atomic E-state index is -0.167. The van der Waals surface area contributed by atoms with Crippen LogP contribution < -0.4 is 5.32 Å². The Morgan fingerprint density at radius 1 is 1.26 bits per heavy atom. The predicted molar refractivity (Wildman–Crippen MR) is 108 cm³/mol. The Balaban J connectivity index is 1.53. The third kappa shape index (κ3) is 3.66. The number of rotatable bonds is 4. The first-order valence-corrected chi connectivity index (χ1v) is 9.98. The van der Waals surface area contributed by atoms with E-state index in [0.717, 1.165) is 32.5 Å². The molecule has 1 aliphatic heterocycles. The number of nitrogens with zero attached hydrogens (tertiary/aromatic N) is 1. The maximum atomic E-state index is 12.2. The van der Waals surface area contributed by atoms with E-state index in [1.807, 2.05) is 17.9 Å². The lowest BCUT2D eigenvalue weighted by Crippen LogP contribution is -2.42. The first kappa shape index (κ1) is 17.9. The molecule has 0 radical (unpaired) electrons. The maximum Gasteiger partial charge on any atom is 0.409 e. The molecule has 2 aromatic carbocycles. The molecule has 2 aliphatic rings. The number of piperidine rings is 1. The largest absolute Gasteiger partial charge is 0.450 e. The molecule has 27 heavy (non-hydrogen) atoms. The zero-order valence-electron chi connectivity index (χ0n) is 16.2. The van der Waals surface area contributed by atoms with Gasteiger partial charge >= 0.3 is 6.09 Å². The summed E-state index contributed by atoms with van der Waals surface area (Å²) in [6.07, 6.45) is 2.03. The molecule has 142 valence electrons. The first-order valence-electron chi connectivity index (χ1n) is 9.98. The van der Waals surface area contributed by atoms with Crippen LogP contribution in [0.3, 0.4) is 0 Å². The van der Waals surface area contributed by atoms with Crippen molar-refractivity contribution >= 4 is 11.8 Å². The van der Waals surface area contributed by atoms with Gasteiger partial charge in [0.1, 0.15) is 0 Å². The summed E-state index contributed by atoms with van der Waals surface area (Å²) in [7, 11) is 0. The van der Waals surface area contributed by atoms with Gasteiger partial charge in [0.2, 0.25) is 0 Å². The minimum absolute atomic E-state index is 0.167. The number of hydrogen-bond acceptors (Lipinski definition) is 3. The number of carbonyl (C=O) groups excluding carboxylic acids is 1. The summed E-state index contributed by atoms with van der Waals surface area (Å²) < 4.78 is 5.23. The van der Waals surface area contributed by atoms with Crippen LogP contribution >= 0.6 is 0 Å². The Hall–Kier alpha value is -2.49. The molecule has 1 aliphatic carbocycles. The number of ether oxygens (including phenoxy) is 1. The Morgan fingerprint density at radius 2 is 2.07 bits per heavy atom. The number of benzene rings is 2. The normalized spacial score (nSPS) is 20.7. The van der Waals surface area contributed by atoms with Crippen molar-refractivity contribution < 1.29 is 9.53 Å². The van der Waals surface area contributed by atoms with E-state index >= 15 is 0 Å². The summed E-state index contributed by atoms with van der Waals surface area (Å²) in [6.45, 7) is 6.93. The number of amides is 1. The van der Waals surface area contributed by atoms with Crippen LogP contribution in [0.1, 0.15) is 41.5 Å². The number of aryl methyl sites for hydroxylation is 1. The van der Waals surface area contributed by atoms with E-state index < -0.39 is 0 Å². The Bertz CT molecular complexity index is 819. The molecule has 1 fully saturated rings. The van der Waals surface area contributed by atoms with Crippen molar-refractivity contribution in [2.24, 2.45) is 5.92 Å². The van der Waals surface area contributed by atoms with E-state index in [9.17, 15) is 4.79 Å². The standard InChI is InChI=1S/C23H28N2O2/c1-3-27-23(26)25-10-9-18-12-20-16(2)11-19(13-21(20)22(18)15-25)24-14-17-7-5-4-6-8-17/h4-8,11,13,18,22,24H,3,9-10,12,14-15H2,1-2H3.